The van der Waals surface area contributed by atoms with Gasteiger partial charge >= 0.3 is 0 Å². The minimum Gasteiger partial charge on any atom is -0.457 e. The molecule has 0 radical (unpaired) electrons. The van der Waals surface area contributed by atoms with Gasteiger partial charge in [-0.2, -0.15) is 0 Å². The fourth-order valence-electron chi connectivity index (χ4n) is 7.89. The molecule has 7 rings (SSSR count). The van der Waals surface area contributed by atoms with Gasteiger partial charge in [-0.25, -0.2) is 4.85 Å². The van der Waals surface area contributed by atoms with Gasteiger partial charge in [-0.1, -0.05) is 81.4 Å². The normalized spacial score (nSPS) is 17.3. The molecular weight excluding hydrogens is 859 g/mol. The van der Waals surface area contributed by atoms with Gasteiger partial charge in [-0.05, 0) is 124 Å². The standard InChI is InChI=1S/C51H51N5O7S2/c1-30-19-20-64-45(30)37-14-11-33(12-15-37)27-53-47(59)40-26-39(57)29-55(40)49(61)46(51(4,5)6)54-44(58)25-34-9-8-10-36(23-34)28-56-48(60)43(65-50(56)62)24-35-13-17-41(31(2)21-35)63-42-18-16-38(52-7)22-32(42)3/h8-24,39-40,46,57H,25-29H2,1-6H3,(H,53,59)(H,54,58)/b43-24-/t39-,40?,46-/m1/s1. The molecule has 2 fully saturated rings. The second-order valence-electron chi connectivity index (χ2n) is 17.6. The van der Waals surface area contributed by atoms with E-state index in [9.17, 15) is 29.1 Å². The Kier molecular flexibility index (Phi) is 14.1. The van der Waals surface area contributed by atoms with Crippen LogP contribution in [0.3, 0.4) is 0 Å². The van der Waals surface area contributed by atoms with Crippen LogP contribution >= 0.6 is 23.1 Å². The van der Waals surface area contributed by atoms with Gasteiger partial charge in [0.25, 0.3) is 11.1 Å². The van der Waals surface area contributed by atoms with Gasteiger partial charge in [0.15, 0.2) is 5.69 Å². The maximum Gasteiger partial charge on any atom is 0.293 e. The first-order valence-electron chi connectivity index (χ1n) is 21.3. The minimum absolute atomic E-state index is 0.00108. The number of nitrogens with one attached hydrogen (secondary N) is 2. The monoisotopic (exact) mass is 909 g/mol. The molecule has 5 aromatic rings. The van der Waals surface area contributed by atoms with Gasteiger partial charge in [-0.15, -0.1) is 11.3 Å². The van der Waals surface area contributed by atoms with Gasteiger partial charge < -0.3 is 25.4 Å². The van der Waals surface area contributed by atoms with Crippen LogP contribution in [0.4, 0.5) is 10.5 Å². The first-order chi connectivity index (χ1) is 31.0. The number of hydrogen-bond acceptors (Lipinski definition) is 9. The maximum absolute atomic E-state index is 14.2. The van der Waals surface area contributed by atoms with E-state index in [0.29, 0.717) is 28.3 Å². The molecular formula is C51H51N5O7S2. The van der Waals surface area contributed by atoms with Crippen LogP contribution in [-0.4, -0.2) is 68.5 Å². The van der Waals surface area contributed by atoms with E-state index in [1.807, 2.05) is 71.0 Å². The Labute approximate surface area is 387 Å². The van der Waals surface area contributed by atoms with E-state index in [0.717, 1.165) is 39.6 Å². The number of aliphatic hydroxyl groups excluding tert-OH is 1. The number of thioether (sulfide) groups is 1. The molecule has 0 bridgehead atoms. The molecule has 0 aliphatic carbocycles. The lowest BCUT2D eigenvalue weighted by Crippen LogP contribution is -2.58. The molecule has 334 valence electrons. The summed E-state index contributed by atoms with van der Waals surface area (Å²) in [6, 6.07) is 25.9. The van der Waals surface area contributed by atoms with Crippen LogP contribution in [0, 0.1) is 32.8 Å². The van der Waals surface area contributed by atoms with E-state index in [2.05, 4.69) is 33.8 Å². The summed E-state index contributed by atoms with van der Waals surface area (Å²) in [6.07, 6.45) is 0.769. The summed E-state index contributed by atoms with van der Waals surface area (Å²) in [5.74, 6) is -0.435. The Morgan fingerprint density at radius 1 is 0.908 bits per heavy atom. The minimum atomic E-state index is -1.01. The largest absolute Gasteiger partial charge is 0.457 e. The Morgan fingerprint density at radius 2 is 1.62 bits per heavy atom. The van der Waals surface area contributed by atoms with Crippen molar-refractivity contribution in [3.63, 3.8) is 0 Å². The van der Waals surface area contributed by atoms with Crippen molar-refractivity contribution in [2.24, 2.45) is 5.41 Å². The number of rotatable bonds is 13. The molecule has 2 aliphatic rings. The number of ether oxygens (including phenoxy) is 1. The van der Waals surface area contributed by atoms with Crippen molar-refractivity contribution < 1.29 is 33.8 Å². The third-order valence-electron chi connectivity index (χ3n) is 11.4. The Morgan fingerprint density at radius 3 is 2.28 bits per heavy atom. The topological polar surface area (TPSA) is 150 Å². The van der Waals surface area contributed by atoms with E-state index < -0.39 is 46.6 Å². The average Bonchev–Trinajstić information content (AvgIpc) is 3.96. The summed E-state index contributed by atoms with van der Waals surface area (Å²) >= 11 is 2.53. The number of likely N-dealkylation sites (tertiary alicyclic amines) is 1. The zero-order valence-corrected chi connectivity index (χ0v) is 38.8. The van der Waals surface area contributed by atoms with E-state index in [-0.39, 0.29) is 43.3 Å². The first-order valence-corrected chi connectivity index (χ1v) is 23.0. The zero-order valence-electron chi connectivity index (χ0n) is 37.1. The van der Waals surface area contributed by atoms with Gasteiger partial charge in [0.1, 0.15) is 23.6 Å². The molecule has 1 aromatic heterocycles. The predicted octanol–water partition coefficient (Wildman–Crippen LogP) is 9.27. The molecule has 14 heteroatoms. The zero-order chi connectivity index (χ0) is 46.6. The number of aryl methyl sites for hydroxylation is 3. The van der Waals surface area contributed by atoms with Crippen LogP contribution in [0.2, 0.25) is 0 Å². The highest BCUT2D eigenvalue weighted by Gasteiger charge is 2.44. The first kappa shape index (κ1) is 46.5. The lowest BCUT2D eigenvalue weighted by Gasteiger charge is -2.35. The maximum atomic E-state index is 14.2. The number of hydrogen-bond donors (Lipinski definition) is 3. The smallest absolute Gasteiger partial charge is 0.293 e. The summed E-state index contributed by atoms with van der Waals surface area (Å²) in [6.45, 7) is 18.8. The van der Waals surface area contributed by atoms with Crippen molar-refractivity contribution in [2.75, 3.05) is 6.54 Å². The number of β-amino-alcohol motifs (C(OH)–C–C–N with tert-alkyl or cyclic N) is 1. The molecule has 0 saturated carbocycles. The van der Waals surface area contributed by atoms with Gasteiger partial charge in [-0.3, -0.25) is 28.9 Å². The van der Waals surface area contributed by atoms with Gasteiger partial charge in [0, 0.05) is 24.4 Å². The van der Waals surface area contributed by atoms with Gasteiger partial charge in [0.2, 0.25) is 17.7 Å². The van der Waals surface area contributed by atoms with Crippen LogP contribution in [0.1, 0.15) is 66.1 Å². The highest BCUT2D eigenvalue weighted by molar-refractivity contribution is 8.18. The Hall–Kier alpha value is -6.53. The van der Waals surface area contributed by atoms with Crippen LogP contribution in [-0.2, 0) is 38.7 Å². The van der Waals surface area contributed by atoms with Gasteiger partial charge in [0.05, 0.1) is 30.5 Å². The molecule has 12 nitrogen and oxygen atoms in total. The second kappa shape index (κ2) is 19.7. The molecule has 5 amide bonds. The second-order valence-corrected chi connectivity index (χ2v) is 19.5. The molecule has 4 aromatic carbocycles. The van der Waals surface area contributed by atoms with Crippen molar-refractivity contribution in [3.8, 4) is 21.9 Å². The van der Waals surface area contributed by atoms with Crippen molar-refractivity contribution in [3.05, 3.63) is 152 Å². The number of imide groups is 1. The van der Waals surface area contributed by atoms with Crippen LogP contribution in [0.15, 0.2) is 101 Å². The van der Waals surface area contributed by atoms with Crippen molar-refractivity contribution in [1.82, 2.24) is 20.4 Å². The number of thiophene rings is 1. The highest BCUT2D eigenvalue weighted by Crippen LogP contribution is 2.36. The van der Waals surface area contributed by atoms with Crippen LogP contribution < -0.4 is 15.4 Å². The summed E-state index contributed by atoms with van der Waals surface area (Å²) in [7, 11) is 0. The van der Waals surface area contributed by atoms with E-state index in [4.69, 9.17) is 11.3 Å². The molecule has 0 spiro atoms. The molecule has 65 heavy (non-hydrogen) atoms. The lowest BCUT2D eigenvalue weighted by atomic mass is 9.85. The third kappa shape index (κ3) is 11.1. The number of benzene rings is 4. The number of nitrogens with zero attached hydrogens (tertiary/aromatic N) is 3. The van der Waals surface area contributed by atoms with Crippen LogP contribution in [0.25, 0.3) is 21.4 Å². The molecule has 3 N–H and O–H groups in total. The van der Waals surface area contributed by atoms with Crippen molar-refractivity contribution in [1.29, 1.82) is 0 Å². The Bertz CT molecular complexity index is 2730. The summed E-state index contributed by atoms with van der Waals surface area (Å²) in [5, 5.41) is 18.1. The van der Waals surface area contributed by atoms with Crippen LogP contribution in [0.5, 0.6) is 11.5 Å². The van der Waals surface area contributed by atoms with Crippen molar-refractivity contribution in [2.45, 2.75) is 85.7 Å². The third-order valence-corrected chi connectivity index (χ3v) is 13.4. The molecule has 1 unspecified atom stereocenters. The molecule has 3 heterocycles. The summed E-state index contributed by atoms with van der Waals surface area (Å²) < 4.78 is 6.11. The SMILES string of the molecule is [C-]#[N+]c1ccc(Oc2ccc(/C=C3\SC(=O)N(Cc4cccc(CC(=O)N[C@H](C(=O)N5C[C@H](O)CC5C(=O)NCc5ccc(-c6sccc6C)cc5)C(C)(C)C)c4)C3=O)cc2C)c(C)c1. The number of amides is 5. The lowest BCUT2D eigenvalue weighted by molar-refractivity contribution is -0.144. The summed E-state index contributed by atoms with van der Waals surface area (Å²) in [5.41, 5.74) is 6.63. The number of aliphatic hydroxyl groups is 1. The molecule has 2 saturated heterocycles. The number of carbonyl (C=O) groups excluding carboxylic acids is 5. The Balaban J connectivity index is 0.954. The van der Waals surface area contributed by atoms with E-state index >= 15 is 0 Å². The fraction of sp³-hybridized carbons (Fsp3) is 0.294. The average molecular weight is 910 g/mol. The highest BCUT2D eigenvalue weighted by atomic mass is 32.2. The predicted molar refractivity (Wildman–Crippen MR) is 254 cm³/mol. The quantitative estimate of drug-likeness (QED) is 0.0782. The van der Waals surface area contributed by atoms with Crippen molar-refractivity contribution >= 4 is 63.7 Å². The molecule has 3 atom stereocenters. The fourth-order valence-corrected chi connectivity index (χ4v) is 9.66. The molecule has 2 aliphatic heterocycles. The van der Waals surface area contributed by atoms with E-state index in [1.54, 1.807) is 65.9 Å². The number of carbonyl (C=O) groups is 5. The summed E-state index contributed by atoms with van der Waals surface area (Å²) in [4.78, 5) is 75.5. The van der Waals surface area contributed by atoms with E-state index in [1.165, 1.54) is 20.2 Å².